The molecule has 0 saturated carbocycles. The minimum Gasteiger partial charge on any atom is -0.144 e. The van der Waals surface area contributed by atoms with Gasteiger partial charge >= 0.3 is 0 Å². The maximum atomic E-state index is 5.99. The average Bonchev–Trinajstić information content (AvgIpc) is 2.76. The van der Waals surface area contributed by atoms with Crippen molar-refractivity contribution in [3.8, 4) is 0 Å². The van der Waals surface area contributed by atoms with Crippen molar-refractivity contribution in [2.45, 2.75) is 18.2 Å². The molecule has 0 nitrogen and oxygen atoms in total. The first kappa shape index (κ1) is 12.2. The fourth-order valence-corrected chi connectivity index (χ4v) is 3.42. The van der Waals surface area contributed by atoms with Crippen LogP contribution in [0.4, 0.5) is 0 Å². The van der Waals surface area contributed by atoms with Crippen molar-refractivity contribution >= 4 is 38.9 Å². The van der Waals surface area contributed by atoms with Gasteiger partial charge in [-0.15, -0.1) is 11.3 Å². The summed E-state index contributed by atoms with van der Waals surface area (Å²) < 4.78 is 0. The molecule has 0 aliphatic heterocycles. The predicted octanol–water partition coefficient (Wildman–Crippen LogP) is 5.45. The highest BCUT2D eigenvalue weighted by atomic mass is 79.9. The Morgan fingerprint density at radius 1 is 1.31 bits per heavy atom. The van der Waals surface area contributed by atoms with E-state index in [0.29, 0.717) is 0 Å². The SMILES string of the molecule is CCc1ccc(C(Br)c2cccc(Cl)c2)s1. The van der Waals surface area contributed by atoms with E-state index in [9.17, 15) is 0 Å². The molecule has 0 saturated heterocycles. The van der Waals surface area contributed by atoms with Crippen LogP contribution in [0.15, 0.2) is 36.4 Å². The lowest BCUT2D eigenvalue weighted by molar-refractivity contribution is 1.19. The molecule has 0 spiro atoms. The predicted molar refractivity (Wildman–Crippen MR) is 75.9 cm³/mol. The first-order valence-corrected chi connectivity index (χ1v) is 7.30. The van der Waals surface area contributed by atoms with E-state index in [-0.39, 0.29) is 4.83 Å². The van der Waals surface area contributed by atoms with E-state index in [0.717, 1.165) is 11.4 Å². The van der Waals surface area contributed by atoms with E-state index in [1.807, 2.05) is 29.5 Å². The molecule has 84 valence electrons. The van der Waals surface area contributed by atoms with Crippen LogP contribution < -0.4 is 0 Å². The molecule has 0 fully saturated rings. The van der Waals surface area contributed by atoms with Gasteiger partial charge in [0.15, 0.2) is 0 Å². The van der Waals surface area contributed by atoms with Crippen molar-refractivity contribution in [1.29, 1.82) is 0 Å². The highest BCUT2D eigenvalue weighted by Crippen LogP contribution is 2.36. The van der Waals surface area contributed by atoms with Crippen LogP contribution in [0.5, 0.6) is 0 Å². The standard InChI is InChI=1S/C13H12BrClS/c1-2-11-6-7-12(16-11)13(14)9-4-3-5-10(15)8-9/h3-8,13H,2H2,1H3. The first-order valence-electron chi connectivity index (χ1n) is 5.19. The average molecular weight is 316 g/mol. The summed E-state index contributed by atoms with van der Waals surface area (Å²) in [6.45, 7) is 2.18. The Balaban J connectivity index is 2.27. The van der Waals surface area contributed by atoms with Crippen LogP contribution in [-0.4, -0.2) is 0 Å². The van der Waals surface area contributed by atoms with Crippen LogP contribution in [0, 0.1) is 0 Å². The van der Waals surface area contributed by atoms with Crippen molar-refractivity contribution in [1.82, 2.24) is 0 Å². The van der Waals surface area contributed by atoms with Gasteiger partial charge in [-0.25, -0.2) is 0 Å². The van der Waals surface area contributed by atoms with Gasteiger partial charge in [-0.05, 0) is 36.2 Å². The van der Waals surface area contributed by atoms with E-state index in [1.165, 1.54) is 15.3 Å². The zero-order valence-electron chi connectivity index (χ0n) is 8.91. The van der Waals surface area contributed by atoms with Crippen LogP contribution in [0.1, 0.15) is 27.1 Å². The number of hydrogen-bond donors (Lipinski definition) is 0. The van der Waals surface area contributed by atoms with Crippen LogP contribution in [0.3, 0.4) is 0 Å². The fraction of sp³-hybridized carbons (Fsp3) is 0.231. The van der Waals surface area contributed by atoms with Crippen molar-refractivity contribution in [3.05, 3.63) is 56.7 Å². The number of rotatable bonds is 3. The van der Waals surface area contributed by atoms with Gasteiger partial charge in [-0.1, -0.05) is 46.6 Å². The van der Waals surface area contributed by atoms with Gasteiger partial charge in [0.25, 0.3) is 0 Å². The third-order valence-corrected chi connectivity index (χ3v) is 5.28. The van der Waals surface area contributed by atoms with Gasteiger partial charge in [0.2, 0.25) is 0 Å². The van der Waals surface area contributed by atoms with Crippen molar-refractivity contribution < 1.29 is 0 Å². The number of benzene rings is 1. The fourth-order valence-electron chi connectivity index (χ4n) is 1.55. The Kier molecular flexibility index (Phi) is 4.06. The third-order valence-electron chi connectivity index (χ3n) is 2.42. The summed E-state index contributed by atoms with van der Waals surface area (Å²) in [7, 11) is 0. The molecule has 3 heteroatoms. The molecule has 1 aromatic carbocycles. The molecule has 1 unspecified atom stereocenters. The Labute approximate surface area is 113 Å². The van der Waals surface area contributed by atoms with E-state index in [1.54, 1.807) is 0 Å². The minimum atomic E-state index is 0.247. The zero-order chi connectivity index (χ0) is 11.5. The van der Waals surface area contributed by atoms with Gasteiger partial charge in [0.05, 0.1) is 4.83 Å². The molecule has 0 N–H and O–H groups in total. The number of aryl methyl sites for hydroxylation is 1. The lowest BCUT2D eigenvalue weighted by atomic mass is 10.1. The number of hydrogen-bond acceptors (Lipinski definition) is 1. The Morgan fingerprint density at radius 2 is 2.12 bits per heavy atom. The summed E-state index contributed by atoms with van der Waals surface area (Å²) in [6.07, 6.45) is 1.10. The second-order valence-electron chi connectivity index (χ2n) is 3.58. The molecule has 0 aliphatic rings. The molecule has 2 aromatic rings. The number of thiophene rings is 1. The van der Waals surface area contributed by atoms with E-state index < -0.39 is 0 Å². The summed E-state index contributed by atoms with van der Waals surface area (Å²) in [4.78, 5) is 3.00. The molecule has 16 heavy (non-hydrogen) atoms. The Morgan fingerprint density at radius 3 is 2.75 bits per heavy atom. The lowest BCUT2D eigenvalue weighted by Crippen LogP contribution is -1.88. The molecule has 0 radical (unpaired) electrons. The largest absolute Gasteiger partial charge is 0.144 e. The summed E-state index contributed by atoms with van der Waals surface area (Å²) in [6, 6.07) is 12.4. The Hall–Kier alpha value is -0.310. The molecule has 1 heterocycles. The molecular weight excluding hydrogens is 304 g/mol. The van der Waals surface area contributed by atoms with E-state index >= 15 is 0 Å². The molecule has 0 amide bonds. The number of alkyl halides is 1. The maximum Gasteiger partial charge on any atom is 0.0738 e. The monoisotopic (exact) mass is 314 g/mol. The zero-order valence-corrected chi connectivity index (χ0v) is 12.1. The van der Waals surface area contributed by atoms with Crippen molar-refractivity contribution in [3.63, 3.8) is 0 Å². The highest BCUT2D eigenvalue weighted by molar-refractivity contribution is 9.09. The smallest absolute Gasteiger partial charge is 0.0738 e. The molecule has 1 atom stereocenters. The van der Waals surface area contributed by atoms with Crippen molar-refractivity contribution in [2.24, 2.45) is 0 Å². The van der Waals surface area contributed by atoms with E-state index in [4.69, 9.17) is 11.6 Å². The summed E-state index contributed by atoms with van der Waals surface area (Å²) in [5.74, 6) is 0. The highest BCUT2D eigenvalue weighted by Gasteiger charge is 2.12. The van der Waals surface area contributed by atoms with Gasteiger partial charge in [0, 0.05) is 14.8 Å². The van der Waals surface area contributed by atoms with Crippen LogP contribution in [0.2, 0.25) is 5.02 Å². The van der Waals surface area contributed by atoms with Gasteiger partial charge in [0.1, 0.15) is 0 Å². The second kappa shape index (κ2) is 5.35. The maximum absolute atomic E-state index is 5.99. The number of halogens is 2. The second-order valence-corrected chi connectivity index (χ2v) is 6.13. The molecule has 0 bridgehead atoms. The summed E-state index contributed by atoms with van der Waals surface area (Å²) >= 11 is 11.6. The molecular formula is C13H12BrClS. The summed E-state index contributed by atoms with van der Waals surface area (Å²) in [5.41, 5.74) is 1.21. The van der Waals surface area contributed by atoms with E-state index in [2.05, 4.69) is 41.1 Å². The van der Waals surface area contributed by atoms with Crippen LogP contribution in [-0.2, 0) is 6.42 Å². The topological polar surface area (TPSA) is 0 Å². The lowest BCUT2D eigenvalue weighted by Gasteiger charge is -2.08. The Bertz CT molecular complexity index is 478. The molecule has 1 aromatic heterocycles. The third kappa shape index (κ3) is 2.68. The molecule has 2 rings (SSSR count). The summed E-state index contributed by atoms with van der Waals surface area (Å²) in [5, 5.41) is 0.786. The normalized spacial score (nSPS) is 12.7. The first-order chi connectivity index (χ1) is 7.70. The quantitative estimate of drug-likeness (QED) is 0.661. The minimum absolute atomic E-state index is 0.247. The van der Waals surface area contributed by atoms with Gasteiger partial charge in [-0.3, -0.25) is 0 Å². The van der Waals surface area contributed by atoms with Gasteiger partial charge in [-0.2, -0.15) is 0 Å². The van der Waals surface area contributed by atoms with Gasteiger partial charge < -0.3 is 0 Å². The molecule has 0 aliphatic carbocycles. The van der Waals surface area contributed by atoms with Crippen LogP contribution in [0.25, 0.3) is 0 Å². The van der Waals surface area contributed by atoms with Crippen LogP contribution >= 0.6 is 38.9 Å². The van der Waals surface area contributed by atoms with Crippen molar-refractivity contribution in [2.75, 3.05) is 0 Å².